The molecule has 90 valence electrons. The molecule has 2 heteroatoms. The topological polar surface area (TPSA) is 0 Å². The number of aryl methyl sites for hydroxylation is 2. The van der Waals surface area contributed by atoms with Gasteiger partial charge in [0, 0.05) is 9.75 Å². The molecule has 0 radical (unpaired) electrons. The highest BCUT2D eigenvalue weighted by Gasteiger charge is 2.09. The second-order valence-electron chi connectivity index (χ2n) is 4.44. The van der Waals surface area contributed by atoms with Crippen LogP contribution >= 0.6 is 22.7 Å². The SMILES string of the molecule is Cc1cc(-c2cccs2)c(C)cc1-c1cccs1. The second kappa shape index (κ2) is 4.71. The zero-order valence-electron chi connectivity index (χ0n) is 10.4. The molecule has 0 aliphatic carbocycles. The fraction of sp³-hybridized carbons (Fsp3) is 0.125. The molecule has 0 atom stereocenters. The highest BCUT2D eigenvalue weighted by atomic mass is 32.1. The molecule has 2 aromatic heterocycles. The Kier molecular flexibility index (Phi) is 3.06. The molecule has 0 fully saturated rings. The fourth-order valence-electron chi connectivity index (χ4n) is 2.21. The van der Waals surface area contributed by atoms with Gasteiger partial charge in [-0.2, -0.15) is 0 Å². The summed E-state index contributed by atoms with van der Waals surface area (Å²) in [6.45, 7) is 4.40. The third-order valence-electron chi connectivity index (χ3n) is 3.14. The van der Waals surface area contributed by atoms with Gasteiger partial charge in [-0.25, -0.2) is 0 Å². The number of hydrogen-bond acceptors (Lipinski definition) is 2. The van der Waals surface area contributed by atoms with Crippen LogP contribution in [0.1, 0.15) is 11.1 Å². The summed E-state index contributed by atoms with van der Waals surface area (Å²) in [5.41, 5.74) is 5.43. The lowest BCUT2D eigenvalue weighted by Crippen LogP contribution is -1.87. The van der Waals surface area contributed by atoms with Crippen LogP contribution in [-0.2, 0) is 0 Å². The molecule has 0 saturated heterocycles. The molecule has 18 heavy (non-hydrogen) atoms. The average molecular weight is 270 g/mol. The summed E-state index contributed by atoms with van der Waals surface area (Å²) in [7, 11) is 0. The smallest absolute Gasteiger partial charge is 0.0345 e. The van der Waals surface area contributed by atoms with E-state index < -0.39 is 0 Å². The van der Waals surface area contributed by atoms with Crippen LogP contribution < -0.4 is 0 Å². The van der Waals surface area contributed by atoms with Crippen molar-refractivity contribution < 1.29 is 0 Å². The first-order valence-electron chi connectivity index (χ1n) is 5.95. The Morgan fingerprint density at radius 2 is 1.17 bits per heavy atom. The molecule has 3 rings (SSSR count). The lowest BCUT2D eigenvalue weighted by molar-refractivity contribution is 1.41. The molecule has 0 aliphatic rings. The zero-order valence-corrected chi connectivity index (χ0v) is 12.1. The van der Waals surface area contributed by atoms with E-state index in [9.17, 15) is 0 Å². The van der Waals surface area contributed by atoms with Crippen LogP contribution in [0.4, 0.5) is 0 Å². The minimum absolute atomic E-state index is 1.35. The van der Waals surface area contributed by atoms with Gasteiger partial charge < -0.3 is 0 Å². The van der Waals surface area contributed by atoms with Crippen molar-refractivity contribution in [1.29, 1.82) is 0 Å². The molecule has 2 heterocycles. The fourth-order valence-corrected chi connectivity index (χ4v) is 3.83. The Balaban J connectivity index is 2.15. The predicted molar refractivity (Wildman–Crippen MR) is 82.5 cm³/mol. The number of hydrogen-bond donors (Lipinski definition) is 0. The Morgan fingerprint density at radius 3 is 1.50 bits per heavy atom. The van der Waals surface area contributed by atoms with Gasteiger partial charge in [-0.05, 0) is 71.1 Å². The largest absolute Gasteiger partial charge is 0.144 e. The van der Waals surface area contributed by atoms with Gasteiger partial charge >= 0.3 is 0 Å². The zero-order chi connectivity index (χ0) is 12.5. The van der Waals surface area contributed by atoms with Crippen molar-refractivity contribution in [2.24, 2.45) is 0 Å². The van der Waals surface area contributed by atoms with E-state index in [0.717, 1.165) is 0 Å². The maximum absolute atomic E-state index is 2.32. The molecule has 0 N–H and O–H groups in total. The van der Waals surface area contributed by atoms with E-state index in [0.29, 0.717) is 0 Å². The first-order valence-corrected chi connectivity index (χ1v) is 7.70. The molecule has 0 bridgehead atoms. The first kappa shape index (κ1) is 11.7. The third kappa shape index (κ3) is 2.02. The van der Waals surface area contributed by atoms with Crippen LogP contribution in [0.3, 0.4) is 0 Å². The number of thiophene rings is 2. The van der Waals surface area contributed by atoms with Crippen LogP contribution in [0.15, 0.2) is 47.2 Å². The standard InChI is InChI=1S/C16H14S2/c1-11-9-14(16-6-4-8-18-16)12(2)10-13(11)15-5-3-7-17-15/h3-10H,1-2H3. The van der Waals surface area contributed by atoms with E-state index in [4.69, 9.17) is 0 Å². The van der Waals surface area contributed by atoms with E-state index in [-0.39, 0.29) is 0 Å². The van der Waals surface area contributed by atoms with E-state index in [2.05, 4.69) is 61.0 Å². The predicted octanol–water partition coefficient (Wildman–Crippen LogP) is 5.76. The molecule has 0 nitrogen and oxygen atoms in total. The minimum atomic E-state index is 1.35. The quantitative estimate of drug-likeness (QED) is 0.555. The molecular weight excluding hydrogens is 256 g/mol. The van der Waals surface area contributed by atoms with Gasteiger partial charge in [-0.15, -0.1) is 22.7 Å². The van der Waals surface area contributed by atoms with E-state index in [1.807, 2.05) is 0 Å². The third-order valence-corrected chi connectivity index (χ3v) is 4.95. The normalized spacial score (nSPS) is 10.8. The van der Waals surface area contributed by atoms with Crippen LogP contribution in [-0.4, -0.2) is 0 Å². The van der Waals surface area contributed by atoms with Gasteiger partial charge in [0.15, 0.2) is 0 Å². The second-order valence-corrected chi connectivity index (χ2v) is 6.33. The molecule has 1 aromatic carbocycles. The Hall–Kier alpha value is -1.38. The first-order chi connectivity index (χ1) is 8.75. The summed E-state index contributed by atoms with van der Waals surface area (Å²) in [4.78, 5) is 2.71. The summed E-state index contributed by atoms with van der Waals surface area (Å²) in [5.74, 6) is 0. The summed E-state index contributed by atoms with van der Waals surface area (Å²) in [5, 5.41) is 4.27. The Labute approximate surface area is 116 Å². The van der Waals surface area contributed by atoms with Gasteiger partial charge in [0.2, 0.25) is 0 Å². The number of benzene rings is 1. The van der Waals surface area contributed by atoms with Crippen LogP contribution in [0.25, 0.3) is 20.9 Å². The summed E-state index contributed by atoms with van der Waals surface area (Å²) >= 11 is 3.61. The summed E-state index contributed by atoms with van der Waals surface area (Å²) < 4.78 is 0. The molecule has 3 aromatic rings. The van der Waals surface area contributed by atoms with Gasteiger partial charge in [-0.3, -0.25) is 0 Å². The Bertz CT molecular complexity index is 587. The van der Waals surface area contributed by atoms with Gasteiger partial charge in [0.1, 0.15) is 0 Å². The summed E-state index contributed by atoms with van der Waals surface area (Å²) in [6.07, 6.45) is 0. The average Bonchev–Trinajstić information content (AvgIpc) is 3.02. The lowest BCUT2D eigenvalue weighted by Gasteiger charge is -2.10. The number of rotatable bonds is 2. The van der Waals surface area contributed by atoms with E-state index in [1.165, 1.54) is 32.0 Å². The van der Waals surface area contributed by atoms with Crippen molar-refractivity contribution in [1.82, 2.24) is 0 Å². The van der Waals surface area contributed by atoms with Gasteiger partial charge in [-0.1, -0.05) is 12.1 Å². The van der Waals surface area contributed by atoms with Crippen molar-refractivity contribution >= 4 is 22.7 Å². The molecular formula is C16H14S2. The maximum Gasteiger partial charge on any atom is 0.0345 e. The van der Waals surface area contributed by atoms with Crippen molar-refractivity contribution in [2.75, 3.05) is 0 Å². The van der Waals surface area contributed by atoms with E-state index >= 15 is 0 Å². The lowest BCUT2D eigenvalue weighted by atomic mass is 9.98. The van der Waals surface area contributed by atoms with Crippen LogP contribution in [0.5, 0.6) is 0 Å². The highest BCUT2D eigenvalue weighted by Crippen LogP contribution is 2.35. The van der Waals surface area contributed by atoms with Crippen molar-refractivity contribution in [3.8, 4) is 20.9 Å². The highest BCUT2D eigenvalue weighted by molar-refractivity contribution is 7.13. The Morgan fingerprint density at radius 1 is 0.722 bits per heavy atom. The minimum Gasteiger partial charge on any atom is -0.144 e. The van der Waals surface area contributed by atoms with Gasteiger partial charge in [0.25, 0.3) is 0 Å². The monoisotopic (exact) mass is 270 g/mol. The maximum atomic E-state index is 2.32. The van der Waals surface area contributed by atoms with Crippen molar-refractivity contribution in [3.05, 3.63) is 58.3 Å². The molecule has 0 amide bonds. The van der Waals surface area contributed by atoms with Crippen molar-refractivity contribution in [2.45, 2.75) is 13.8 Å². The van der Waals surface area contributed by atoms with Crippen LogP contribution in [0, 0.1) is 13.8 Å². The molecule has 0 saturated carbocycles. The van der Waals surface area contributed by atoms with Crippen molar-refractivity contribution in [3.63, 3.8) is 0 Å². The summed E-state index contributed by atoms with van der Waals surface area (Å²) in [6, 6.07) is 13.2. The van der Waals surface area contributed by atoms with Crippen LogP contribution in [0.2, 0.25) is 0 Å². The molecule has 0 aliphatic heterocycles. The molecule has 0 spiro atoms. The molecule has 0 unspecified atom stereocenters. The van der Waals surface area contributed by atoms with E-state index in [1.54, 1.807) is 22.7 Å². The van der Waals surface area contributed by atoms with Gasteiger partial charge in [0.05, 0.1) is 0 Å².